The van der Waals surface area contributed by atoms with Crippen molar-refractivity contribution in [2.24, 2.45) is 5.84 Å². The molecule has 0 spiro atoms. The van der Waals surface area contributed by atoms with E-state index < -0.39 is 11.8 Å². The predicted molar refractivity (Wildman–Crippen MR) is 49.5 cm³/mol. The molecule has 0 aromatic rings. The van der Waals surface area contributed by atoms with Crippen molar-refractivity contribution in [3.63, 3.8) is 0 Å². The Morgan fingerprint density at radius 2 is 1.69 bits per heavy atom. The number of carbonyl (C=O) groups is 2. The molecule has 0 bridgehead atoms. The highest BCUT2D eigenvalue weighted by Gasteiger charge is 2.18. The average Bonchev–Trinajstić information content (AvgIpc) is 2.15. The Morgan fingerprint density at radius 3 is 2.00 bits per heavy atom. The average molecular weight is 187 g/mol. The summed E-state index contributed by atoms with van der Waals surface area (Å²) in [5.41, 5.74) is 1.83. The third-order valence-electron chi connectivity index (χ3n) is 1.60. The van der Waals surface area contributed by atoms with Crippen molar-refractivity contribution in [3.8, 4) is 0 Å². The number of nitrogens with two attached hydrogens (primary N) is 1. The minimum Gasteiger partial charge on any atom is -0.334 e. The molecule has 0 aliphatic heterocycles. The van der Waals surface area contributed by atoms with Gasteiger partial charge in [-0.3, -0.25) is 15.0 Å². The van der Waals surface area contributed by atoms with Gasteiger partial charge in [0.2, 0.25) is 0 Å². The van der Waals surface area contributed by atoms with Crippen molar-refractivity contribution in [3.05, 3.63) is 0 Å². The molecule has 0 saturated heterocycles. The fourth-order valence-electron chi connectivity index (χ4n) is 1.06. The lowest BCUT2D eigenvalue weighted by Crippen LogP contribution is -2.46. The molecule has 0 unspecified atom stereocenters. The number of nitrogens with one attached hydrogen (secondary N) is 1. The van der Waals surface area contributed by atoms with Crippen molar-refractivity contribution in [2.45, 2.75) is 26.7 Å². The van der Waals surface area contributed by atoms with Crippen LogP contribution in [-0.2, 0) is 9.59 Å². The Labute approximate surface area is 78.2 Å². The molecule has 5 nitrogen and oxygen atoms in total. The standard InChI is InChI=1S/C8H17N3O2/c1-3-5-11(6-4-2)8(13)7(12)10-9/h3-6,9H2,1-2H3,(H,10,12). The van der Waals surface area contributed by atoms with Gasteiger partial charge in [0.15, 0.2) is 0 Å². The van der Waals surface area contributed by atoms with E-state index in [1.54, 1.807) is 0 Å². The fraction of sp³-hybridized carbons (Fsp3) is 0.750. The van der Waals surface area contributed by atoms with Crippen LogP contribution in [0.4, 0.5) is 0 Å². The van der Waals surface area contributed by atoms with Crippen LogP contribution in [-0.4, -0.2) is 29.8 Å². The maximum atomic E-state index is 11.3. The van der Waals surface area contributed by atoms with Gasteiger partial charge >= 0.3 is 11.8 Å². The number of rotatable bonds is 4. The van der Waals surface area contributed by atoms with Crippen molar-refractivity contribution in [1.29, 1.82) is 0 Å². The van der Waals surface area contributed by atoms with Crippen molar-refractivity contribution in [2.75, 3.05) is 13.1 Å². The monoisotopic (exact) mass is 187 g/mol. The van der Waals surface area contributed by atoms with E-state index >= 15 is 0 Å². The third-order valence-corrected chi connectivity index (χ3v) is 1.60. The summed E-state index contributed by atoms with van der Waals surface area (Å²) in [6.45, 7) is 5.10. The maximum Gasteiger partial charge on any atom is 0.323 e. The molecule has 0 aliphatic carbocycles. The second-order valence-corrected chi connectivity index (χ2v) is 2.77. The molecule has 76 valence electrons. The first-order valence-electron chi connectivity index (χ1n) is 4.47. The molecule has 0 aliphatic rings. The second-order valence-electron chi connectivity index (χ2n) is 2.77. The summed E-state index contributed by atoms with van der Waals surface area (Å²) in [6, 6.07) is 0. The summed E-state index contributed by atoms with van der Waals surface area (Å²) in [4.78, 5) is 23.7. The number of hydrazine groups is 1. The van der Waals surface area contributed by atoms with E-state index in [9.17, 15) is 9.59 Å². The van der Waals surface area contributed by atoms with Crippen molar-refractivity contribution in [1.82, 2.24) is 10.3 Å². The van der Waals surface area contributed by atoms with Gasteiger partial charge < -0.3 is 4.90 Å². The fourth-order valence-corrected chi connectivity index (χ4v) is 1.06. The zero-order valence-corrected chi connectivity index (χ0v) is 8.17. The lowest BCUT2D eigenvalue weighted by molar-refractivity contribution is -0.145. The highest BCUT2D eigenvalue weighted by atomic mass is 16.2. The summed E-state index contributed by atoms with van der Waals surface area (Å²) < 4.78 is 0. The molecule has 0 atom stereocenters. The van der Waals surface area contributed by atoms with Crippen molar-refractivity contribution >= 4 is 11.8 Å². The first kappa shape index (κ1) is 11.9. The molecule has 0 aromatic carbocycles. The van der Waals surface area contributed by atoms with Gasteiger partial charge in [0.25, 0.3) is 0 Å². The zero-order valence-electron chi connectivity index (χ0n) is 8.17. The Bertz CT molecular complexity index is 176. The molecule has 0 heterocycles. The summed E-state index contributed by atoms with van der Waals surface area (Å²) in [7, 11) is 0. The van der Waals surface area contributed by atoms with E-state index in [2.05, 4.69) is 0 Å². The maximum absolute atomic E-state index is 11.3. The van der Waals surface area contributed by atoms with E-state index in [1.807, 2.05) is 19.3 Å². The smallest absolute Gasteiger partial charge is 0.323 e. The van der Waals surface area contributed by atoms with Gasteiger partial charge in [0.1, 0.15) is 0 Å². The molecular formula is C8H17N3O2. The molecule has 13 heavy (non-hydrogen) atoms. The molecule has 5 heteroatoms. The minimum absolute atomic E-state index is 0.550. The summed E-state index contributed by atoms with van der Waals surface area (Å²) in [5, 5.41) is 0. The Hall–Kier alpha value is -1.10. The molecule has 0 fully saturated rings. The lowest BCUT2D eigenvalue weighted by atomic mass is 10.3. The number of carbonyl (C=O) groups excluding carboxylic acids is 2. The van der Waals surface area contributed by atoms with Gasteiger partial charge in [-0.05, 0) is 12.8 Å². The highest BCUT2D eigenvalue weighted by molar-refractivity contribution is 6.34. The van der Waals surface area contributed by atoms with Crippen LogP contribution in [0.3, 0.4) is 0 Å². The Kier molecular flexibility index (Phi) is 5.88. The van der Waals surface area contributed by atoms with Gasteiger partial charge in [0.05, 0.1) is 0 Å². The Morgan fingerprint density at radius 1 is 1.23 bits per heavy atom. The van der Waals surface area contributed by atoms with Gasteiger partial charge in [-0.1, -0.05) is 13.8 Å². The molecular weight excluding hydrogens is 170 g/mol. The molecule has 3 N–H and O–H groups in total. The number of amides is 2. The lowest BCUT2D eigenvalue weighted by Gasteiger charge is -2.19. The number of hydrogen-bond acceptors (Lipinski definition) is 3. The molecule has 0 radical (unpaired) electrons. The van der Waals surface area contributed by atoms with E-state index in [-0.39, 0.29) is 0 Å². The van der Waals surface area contributed by atoms with E-state index in [4.69, 9.17) is 5.84 Å². The first-order chi connectivity index (χ1) is 6.17. The van der Waals surface area contributed by atoms with E-state index in [0.29, 0.717) is 13.1 Å². The van der Waals surface area contributed by atoms with E-state index in [0.717, 1.165) is 12.8 Å². The van der Waals surface area contributed by atoms with Gasteiger partial charge in [-0.2, -0.15) is 0 Å². The van der Waals surface area contributed by atoms with Crippen LogP contribution in [0.15, 0.2) is 0 Å². The van der Waals surface area contributed by atoms with E-state index in [1.165, 1.54) is 4.90 Å². The molecule has 0 aromatic heterocycles. The SMILES string of the molecule is CCCN(CCC)C(=O)C(=O)NN. The molecule has 0 saturated carbocycles. The second kappa shape index (κ2) is 6.42. The summed E-state index contributed by atoms with van der Waals surface area (Å²) >= 11 is 0. The highest BCUT2D eigenvalue weighted by Crippen LogP contribution is 1.94. The van der Waals surface area contributed by atoms with Gasteiger partial charge in [0, 0.05) is 13.1 Å². The first-order valence-corrected chi connectivity index (χ1v) is 4.47. The van der Waals surface area contributed by atoms with Crippen LogP contribution in [0.5, 0.6) is 0 Å². The van der Waals surface area contributed by atoms with Crippen LogP contribution in [0.2, 0.25) is 0 Å². The van der Waals surface area contributed by atoms with Crippen LogP contribution in [0.25, 0.3) is 0 Å². The van der Waals surface area contributed by atoms with Crippen LogP contribution < -0.4 is 11.3 Å². The normalized spacial score (nSPS) is 9.46. The Balaban J connectivity index is 4.18. The van der Waals surface area contributed by atoms with Crippen LogP contribution in [0.1, 0.15) is 26.7 Å². The third kappa shape index (κ3) is 3.89. The zero-order chi connectivity index (χ0) is 10.3. The molecule has 2 amide bonds. The topological polar surface area (TPSA) is 75.4 Å². The number of hydrogen-bond donors (Lipinski definition) is 2. The molecule has 0 rings (SSSR count). The minimum atomic E-state index is -0.748. The van der Waals surface area contributed by atoms with Crippen LogP contribution >= 0.6 is 0 Å². The van der Waals surface area contributed by atoms with Gasteiger partial charge in [-0.15, -0.1) is 0 Å². The van der Waals surface area contributed by atoms with Gasteiger partial charge in [-0.25, -0.2) is 5.84 Å². The number of nitrogens with zero attached hydrogens (tertiary/aromatic N) is 1. The summed E-state index contributed by atoms with van der Waals surface area (Å²) in [5.74, 6) is 3.56. The van der Waals surface area contributed by atoms with Crippen LogP contribution in [0, 0.1) is 0 Å². The quantitative estimate of drug-likeness (QED) is 0.273. The summed E-state index contributed by atoms with van der Waals surface area (Å²) in [6.07, 6.45) is 1.67. The predicted octanol–water partition coefficient (Wildman–Crippen LogP) is -0.375. The van der Waals surface area contributed by atoms with Crippen molar-refractivity contribution < 1.29 is 9.59 Å². The largest absolute Gasteiger partial charge is 0.334 e.